The Bertz CT molecular complexity index is 693. The van der Waals surface area contributed by atoms with Crippen LogP contribution in [0.1, 0.15) is 16.8 Å². The summed E-state index contributed by atoms with van der Waals surface area (Å²) in [4.78, 5) is 13.9. The summed E-state index contributed by atoms with van der Waals surface area (Å²) >= 11 is 5.89. The van der Waals surface area contributed by atoms with Crippen LogP contribution in [0.2, 0.25) is 5.02 Å². The van der Waals surface area contributed by atoms with Gasteiger partial charge in [-0.15, -0.1) is 0 Å². The molecule has 1 heterocycles. The minimum absolute atomic E-state index is 0.0258. The van der Waals surface area contributed by atoms with Crippen LogP contribution in [0.15, 0.2) is 30.2 Å². The maximum absolute atomic E-state index is 13.0. The fourth-order valence-electron chi connectivity index (χ4n) is 2.31. The topological polar surface area (TPSA) is 66.5 Å². The Morgan fingerprint density at radius 3 is 2.91 bits per heavy atom. The van der Waals surface area contributed by atoms with Gasteiger partial charge in [0.2, 0.25) is 10.0 Å². The lowest BCUT2D eigenvalue weighted by molar-refractivity contribution is 0.0787. The molecule has 0 radical (unpaired) electrons. The normalized spacial score (nSPS) is 18.5. The molecule has 1 unspecified atom stereocenters. The molecule has 1 atom stereocenters. The highest BCUT2D eigenvalue weighted by atomic mass is 35.5. The van der Waals surface area contributed by atoms with E-state index in [-0.39, 0.29) is 29.0 Å². The molecule has 1 saturated heterocycles. The summed E-state index contributed by atoms with van der Waals surface area (Å²) in [6.07, 6.45) is 0.685. The summed E-state index contributed by atoms with van der Waals surface area (Å²) in [5.74, 6) is -0.753. The number of nitrogens with one attached hydrogen (secondary N) is 1. The molecule has 0 spiro atoms. The van der Waals surface area contributed by atoms with Crippen molar-refractivity contribution in [2.45, 2.75) is 6.42 Å². The van der Waals surface area contributed by atoms with Crippen molar-refractivity contribution >= 4 is 27.5 Å². The molecule has 1 aliphatic rings. The third kappa shape index (κ3) is 4.06. The van der Waals surface area contributed by atoms with Crippen LogP contribution in [-0.2, 0) is 10.0 Å². The molecule has 1 aromatic rings. The summed E-state index contributed by atoms with van der Waals surface area (Å²) in [6.45, 7) is 4.39. The second kappa shape index (κ2) is 6.76. The highest BCUT2D eigenvalue weighted by Gasteiger charge is 2.28. The molecule has 2 rings (SSSR count). The molecule has 1 amide bonds. The lowest BCUT2D eigenvalue weighted by Crippen LogP contribution is -2.32. The van der Waals surface area contributed by atoms with Crippen molar-refractivity contribution in [3.05, 3.63) is 46.6 Å². The fourth-order valence-corrected chi connectivity index (χ4v) is 3.14. The maximum Gasteiger partial charge on any atom is 0.255 e. The van der Waals surface area contributed by atoms with Gasteiger partial charge in [0.15, 0.2) is 0 Å². The first-order valence-electron chi connectivity index (χ1n) is 6.69. The van der Waals surface area contributed by atoms with Gasteiger partial charge in [-0.05, 0) is 30.5 Å². The van der Waals surface area contributed by atoms with Crippen molar-refractivity contribution in [2.75, 3.05) is 19.6 Å². The number of hydrogen-bond donors (Lipinski definition) is 1. The van der Waals surface area contributed by atoms with Gasteiger partial charge in [0.1, 0.15) is 5.82 Å². The molecule has 8 heteroatoms. The minimum Gasteiger partial charge on any atom is -0.338 e. The van der Waals surface area contributed by atoms with Crippen LogP contribution in [0.5, 0.6) is 0 Å². The summed E-state index contributed by atoms with van der Waals surface area (Å²) in [5, 5.41) is 0.921. The number of hydrogen-bond acceptors (Lipinski definition) is 3. The zero-order valence-corrected chi connectivity index (χ0v) is 13.3. The standard InChI is InChI=1S/C14H16ClFN2O3S/c1-2-22(20,21)17-8-10-5-6-18(9-10)14(19)12-4-3-11(16)7-13(12)15/h2-4,7,10,17H,1,5-6,8-9H2. The van der Waals surface area contributed by atoms with Crippen LogP contribution < -0.4 is 4.72 Å². The lowest BCUT2D eigenvalue weighted by Gasteiger charge is -2.17. The third-order valence-corrected chi connectivity index (χ3v) is 4.85. The number of rotatable bonds is 5. The zero-order valence-electron chi connectivity index (χ0n) is 11.8. The Kier molecular flexibility index (Phi) is 5.20. The predicted octanol–water partition coefficient (Wildman–Crippen LogP) is 2.00. The Morgan fingerprint density at radius 1 is 1.55 bits per heavy atom. The van der Waals surface area contributed by atoms with Crippen molar-refractivity contribution in [3.8, 4) is 0 Å². The molecular formula is C14H16ClFN2O3S. The molecule has 0 aliphatic carbocycles. The maximum atomic E-state index is 13.0. The van der Waals surface area contributed by atoms with E-state index < -0.39 is 15.8 Å². The van der Waals surface area contributed by atoms with Crippen molar-refractivity contribution in [1.29, 1.82) is 0 Å². The summed E-state index contributed by atoms with van der Waals surface area (Å²) in [6, 6.07) is 3.64. The number of halogens is 2. The number of sulfonamides is 1. The first-order valence-corrected chi connectivity index (χ1v) is 8.61. The van der Waals surface area contributed by atoms with Crippen molar-refractivity contribution in [2.24, 2.45) is 5.92 Å². The Balaban J connectivity index is 1.98. The average Bonchev–Trinajstić information content (AvgIpc) is 2.94. The van der Waals surface area contributed by atoms with Gasteiger partial charge >= 0.3 is 0 Å². The second-order valence-electron chi connectivity index (χ2n) is 5.09. The fraction of sp³-hybridized carbons (Fsp3) is 0.357. The van der Waals surface area contributed by atoms with E-state index in [4.69, 9.17) is 11.6 Å². The Labute approximate surface area is 133 Å². The molecule has 1 aromatic carbocycles. The van der Waals surface area contributed by atoms with Gasteiger partial charge in [0.05, 0.1) is 10.6 Å². The largest absolute Gasteiger partial charge is 0.338 e. The number of carbonyl (C=O) groups is 1. The minimum atomic E-state index is -3.46. The van der Waals surface area contributed by atoms with E-state index in [9.17, 15) is 17.6 Å². The van der Waals surface area contributed by atoms with Gasteiger partial charge in [0, 0.05) is 25.0 Å². The second-order valence-corrected chi connectivity index (χ2v) is 7.21. The van der Waals surface area contributed by atoms with Gasteiger partial charge < -0.3 is 4.90 Å². The zero-order chi connectivity index (χ0) is 16.3. The predicted molar refractivity (Wildman–Crippen MR) is 82.5 cm³/mol. The van der Waals surface area contributed by atoms with Gasteiger partial charge in [-0.2, -0.15) is 0 Å². The first kappa shape index (κ1) is 16.9. The lowest BCUT2D eigenvalue weighted by atomic mass is 10.1. The molecule has 1 aliphatic heterocycles. The van der Waals surface area contributed by atoms with Gasteiger partial charge in [-0.1, -0.05) is 18.2 Å². The molecule has 0 bridgehead atoms. The van der Waals surface area contributed by atoms with Gasteiger partial charge in [-0.3, -0.25) is 4.79 Å². The van der Waals surface area contributed by atoms with Gasteiger partial charge in [0.25, 0.3) is 5.91 Å². The summed E-state index contributed by atoms with van der Waals surface area (Å²) in [5.41, 5.74) is 0.246. The van der Waals surface area contributed by atoms with Crippen molar-refractivity contribution < 1.29 is 17.6 Å². The quantitative estimate of drug-likeness (QED) is 0.886. The molecule has 0 saturated carbocycles. The Hall–Kier alpha value is -1.44. The van der Waals surface area contributed by atoms with Crippen molar-refractivity contribution in [1.82, 2.24) is 9.62 Å². The van der Waals surface area contributed by atoms with Crippen LogP contribution in [0, 0.1) is 11.7 Å². The van der Waals surface area contributed by atoms with Crippen LogP contribution in [0.25, 0.3) is 0 Å². The van der Waals surface area contributed by atoms with E-state index in [0.717, 1.165) is 11.5 Å². The molecule has 1 N–H and O–H groups in total. The highest BCUT2D eigenvalue weighted by Crippen LogP contribution is 2.23. The van der Waals surface area contributed by atoms with E-state index in [1.54, 1.807) is 4.90 Å². The summed E-state index contributed by atoms with van der Waals surface area (Å²) in [7, 11) is -3.46. The molecule has 0 aromatic heterocycles. The molecule has 22 heavy (non-hydrogen) atoms. The number of benzene rings is 1. The van der Waals surface area contributed by atoms with Crippen LogP contribution >= 0.6 is 11.6 Å². The van der Waals surface area contributed by atoms with Gasteiger partial charge in [-0.25, -0.2) is 17.5 Å². The van der Waals surface area contributed by atoms with Crippen LogP contribution in [0.3, 0.4) is 0 Å². The third-order valence-electron chi connectivity index (χ3n) is 3.53. The summed E-state index contributed by atoms with van der Waals surface area (Å²) < 4.78 is 38.0. The van der Waals surface area contributed by atoms with Crippen LogP contribution in [-0.4, -0.2) is 38.9 Å². The van der Waals surface area contributed by atoms with E-state index in [1.165, 1.54) is 12.1 Å². The van der Waals surface area contributed by atoms with E-state index >= 15 is 0 Å². The van der Waals surface area contributed by atoms with E-state index in [0.29, 0.717) is 19.5 Å². The molecule has 120 valence electrons. The molecule has 1 fully saturated rings. The number of likely N-dealkylation sites (tertiary alicyclic amines) is 1. The highest BCUT2D eigenvalue weighted by molar-refractivity contribution is 7.92. The number of amides is 1. The van der Waals surface area contributed by atoms with E-state index in [1.807, 2.05) is 0 Å². The first-order chi connectivity index (χ1) is 10.3. The average molecular weight is 347 g/mol. The van der Waals surface area contributed by atoms with Crippen molar-refractivity contribution in [3.63, 3.8) is 0 Å². The number of nitrogens with zero attached hydrogens (tertiary/aromatic N) is 1. The molecule has 5 nitrogen and oxygen atoms in total. The smallest absolute Gasteiger partial charge is 0.255 e. The van der Waals surface area contributed by atoms with Crippen LogP contribution in [0.4, 0.5) is 4.39 Å². The monoisotopic (exact) mass is 346 g/mol. The SMILES string of the molecule is C=CS(=O)(=O)NCC1CCN(C(=O)c2ccc(F)cc2Cl)C1. The Morgan fingerprint density at radius 2 is 2.27 bits per heavy atom. The number of carbonyl (C=O) groups excluding carboxylic acids is 1. The van der Waals surface area contributed by atoms with E-state index in [2.05, 4.69) is 11.3 Å². The molecular weight excluding hydrogens is 331 g/mol.